The van der Waals surface area contributed by atoms with Crippen LogP contribution in [-0.4, -0.2) is 23.5 Å². The maximum atomic E-state index is 12.0. The smallest absolute Gasteiger partial charge is 0.328 e. The lowest BCUT2D eigenvalue weighted by Crippen LogP contribution is -2.09. The highest BCUT2D eigenvalue weighted by molar-refractivity contribution is 6.36. The first-order valence-electron chi connectivity index (χ1n) is 5.88. The fourth-order valence-corrected chi connectivity index (χ4v) is 1.92. The first kappa shape index (κ1) is 16.5. The molecule has 6 heteroatoms. The van der Waals surface area contributed by atoms with Crippen LogP contribution < -0.4 is 4.74 Å². The molecular formula is C14H14Cl2O4. The number of carboxylic acid groups (broad SMARTS) is 1. The molecule has 0 heterocycles. The Hall–Kier alpha value is -1.52. The predicted molar refractivity (Wildman–Crippen MR) is 77.9 cm³/mol. The molecule has 20 heavy (non-hydrogen) atoms. The number of hydrogen-bond acceptors (Lipinski definition) is 3. The monoisotopic (exact) mass is 316 g/mol. The van der Waals surface area contributed by atoms with Crippen molar-refractivity contribution in [2.24, 2.45) is 5.92 Å². The van der Waals surface area contributed by atoms with Gasteiger partial charge in [0.2, 0.25) is 0 Å². The normalized spacial score (nSPS) is 11.1. The molecule has 1 N–H and O–H groups in total. The molecule has 0 spiro atoms. The summed E-state index contributed by atoms with van der Waals surface area (Å²) in [5.41, 5.74) is 0.139. The summed E-state index contributed by atoms with van der Waals surface area (Å²) in [5, 5.41) is 9.03. The Balaban J connectivity index is 3.15. The van der Waals surface area contributed by atoms with Crippen LogP contribution in [0.4, 0.5) is 0 Å². The number of rotatable bonds is 6. The molecule has 0 aliphatic carbocycles. The number of carbonyl (C=O) groups is 2. The van der Waals surface area contributed by atoms with E-state index in [0.717, 1.165) is 12.2 Å². The highest BCUT2D eigenvalue weighted by Gasteiger charge is 2.16. The number of aliphatic carboxylic acids is 1. The minimum Gasteiger partial charge on any atom is -0.491 e. The largest absolute Gasteiger partial charge is 0.491 e. The van der Waals surface area contributed by atoms with Crippen molar-refractivity contribution >= 4 is 35.0 Å². The van der Waals surface area contributed by atoms with Crippen LogP contribution in [0.25, 0.3) is 0 Å². The predicted octanol–water partition coefficient (Wildman–Crippen LogP) is 3.85. The topological polar surface area (TPSA) is 63.6 Å². The van der Waals surface area contributed by atoms with Gasteiger partial charge in [0.15, 0.2) is 5.78 Å². The lowest BCUT2D eigenvalue weighted by atomic mass is 10.1. The number of benzene rings is 1. The van der Waals surface area contributed by atoms with Gasteiger partial charge in [-0.2, -0.15) is 0 Å². The summed E-state index contributed by atoms with van der Waals surface area (Å²) in [5.74, 6) is -1.28. The third kappa shape index (κ3) is 4.87. The lowest BCUT2D eigenvalue weighted by molar-refractivity contribution is -0.131. The summed E-state index contributed by atoms with van der Waals surface area (Å²) in [7, 11) is 0. The molecule has 0 aliphatic rings. The minimum atomic E-state index is -1.21. The molecule has 0 unspecified atom stereocenters. The van der Waals surface area contributed by atoms with Gasteiger partial charge in [0.25, 0.3) is 0 Å². The molecule has 4 nitrogen and oxygen atoms in total. The Morgan fingerprint density at radius 3 is 2.50 bits per heavy atom. The Morgan fingerprint density at radius 2 is 1.95 bits per heavy atom. The van der Waals surface area contributed by atoms with Gasteiger partial charge in [-0.15, -0.1) is 0 Å². The number of allylic oxidation sites excluding steroid dienone is 1. The molecule has 0 fully saturated rings. The number of carbonyl (C=O) groups excluding carboxylic acids is 1. The third-order valence-electron chi connectivity index (χ3n) is 2.21. The number of ether oxygens (including phenoxy) is 1. The highest BCUT2D eigenvalue weighted by Crippen LogP contribution is 2.33. The second kappa shape index (κ2) is 7.31. The average Bonchev–Trinajstić information content (AvgIpc) is 2.33. The van der Waals surface area contributed by atoms with E-state index < -0.39 is 11.8 Å². The van der Waals surface area contributed by atoms with Crippen LogP contribution in [0.5, 0.6) is 5.75 Å². The van der Waals surface area contributed by atoms with E-state index in [0.29, 0.717) is 6.61 Å². The quantitative estimate of drug-likeness (QED) is 0.639. The molecule has 0 saturated heterocycles. The van der Waals surface area contributed by atoms with E-state index in [1.807, 2.05) is 13.8 Å². The van der Waals surface area contributed by atoms with Gasteiger partial charge in [-0.05, 0) is 24.1 Å². The number of hydrogen-bond donors (Lipinski definition) is 1. The van der Waals surface area contributed by atoms with E-state index in [2.05, 4.69) is 0 Å². The number of carboxylic acids is 1. The maximum Gasteiger partial charge on any atom is 0.328 e. The summed E-state index contributed by atoms with van der Waals surface area (Å²) in [6.07, 6.45) is 1.69. The summed E-state index contributed by atoms with van der Waals surface area (Å²) in [4.78, 5) is 22.4. The van der Waals surface area contributed by atoms with Gasteiger partial charge in [-0.1, -0.05) is 37.0 Å². The zero-order valence-electron chi connectivity index (χ0n) is 11.0. The van der Waals surface area contributed by atoms with Crippen molar-refractivity contribution in [3.63, 3.8) is 0 Å². The van der Waals surface area contributed by atoms with Gasteiger partial charge < -0.3 is 9.84 Å². The minimum absolute atomic E-state index is 0.139. The number of ketones is 1. The first-order valence-corrected chi connectivity index (χ1v) is 6.64. The van der Waals surface area contributed by atoms with Crippen LogP contribution in [0.2, 0.25) is 10.0 Å². The third-order valence-corrected chi connectivity index (χ3v) is 2.71. The first-order chi connectivity index (χ1) is 9.31. The van der Waals surface area contributed by atoms with Crippen molar-refractivity contribution in [3.8, 4) is 5.75 Å². The molecule has 0 aliphatic heterocycles. The Kier molecular flexibility index (Phi) is 6.05. The van der Waals surface area contributed by atoms with Gasteiger partial charge >= 0.3 is 5.97 Å². The highest BCUT2D eigenvalue weighted by atomic mass is 35.5. The molecule has 0 radical (unpaired) electrons. The van der Waals surface area contributed by atoms with Crippen LogP contribution in [-0.2, 0) is 4.79 Å². The second-order valence-corrected chi connectivity index (χ2v) is 5.35. The second-order valence-electron chi connectivity index (χ2n) is 4.50. The van der Waals surface area contributed by atoms with Crippen molar-refractivity contribution < 1.29 is 19.4 Å². The fraction of sp³-hybridized carbons (Fsp3) is 0.286. The van der Waals surface area contributed by atoms with Gasteiger partial charge in [0, 0.05) is 11.1 Å². The summed E-state index contributed by atoms with van der Waals surface area (Å²) < 4.78 is 5.52. The van der Waals surface area contributed by atoms with E-state index in [4.69, 9.17) is 33.0 Å². The van der Waals surface area contributed by atoms with E-state index in [9.17, 15) is 9.59 Å². The summed E-state index contributed by atoms with van der Waals surface area (Å²) in [6, 6.07) is 2.87. The van der Waals surface area contributed by atoms with Crippen molar-refractivity contribution in [3.05, 3.63) is 39.9 Å². The van der Waals surface area contributed by atoms with Crippen LogP contribution in [0.3, 0.4) is 0 Å². The maximum absolute atomic E-state index is 12.0. The molecule has 1 aromatic rings. The fourth-order valence-electron chi connectivity index (χ4n) is 1.38. The van der Waals surface area contributed by atoms with Crippen LogP contribution in [0, 0.1) is 5.92 Å². The van der Waals surface area contributed by atoms with Crippen molar-refractivity contribution in [2.75, 3.05) is 6.61 Å². The van der Waals surface area contributed by atoms with Crippen LogP contribution in [0.15, 0.2) is 24.3 Å². The standard InChI is InChI=1S/C14H14Cl2O4/c1-8(2)7-20-14-10(5-9(15)6-11(14)16)12(17)3-4-13(18)19/h3-6,8H,7H2,1-2H3,(H,18,19)/b4-3+. The Labute approximate surface area is 126 Å². The van der Waals surface area contributed by atoms with Crippen LogP contribution in [0.1, 0.15) is 24.2 Å². The van der Waals surface area contributed by atoms with E-state index in [-0.39, 0.29) is 27.3 Å². The lowest BCUT2D eigenvalue weighted by Gasteiger charge is -2.13. The molecule has 0 bridgehead atoms. The zero-order valence-corrected chi connectivity index (χ0v) is 12.5. The molecule has 0 amide bonds. The molecule has 1 rings (SSSR count). The zero-order chi connectivity index (χ0) is 15.3. The average molecular weight is 317 g/mol. The van der Waals surface area contributed by atoms with Gasteiger partial charge in [0.05, 0.1) is 17.2 Å². The molecule has 108 valence electrons. The molecule has 1 aromatic carbocycles. The van der Waals surface area contributed by atoms with Crippen molar-refractivity contribution in [1.29, 1.82) is 0 Å². The molecule has 0 atom stereocenters. The molecule has 0 aromatic heterocycles. The molecule has 0 saturated carbocycles. The molecular weight excluding hydrogens is 303 g/mol. The summed E-state index contributed by atoms with van der Waals surface area (Å²) in [6.45, 7) is 4.29. The Bertz CT molecular complexity index is 550. The van der Waals surface area contributed by atoms with Gasteiger partial charge in [-0.3, -0.25) is 4.79 Å². The number of halogens is 2. The summed E-state index contributed by atoms with van der Waals surface area (Å²) >= 11 is 11.9. The van der Waals surface area contributed by atoms with Crippen LogP contribution >= 0.6 is 23.2 Å². The van der Waals surface area contributed by atoms with E-state index in [1.165, 1.54) is 12.1 Å². The van der Waals surface area contributed by atoms with E-state index >= 15 is 0 Å². The Morgan fingerprint density at radius 1 is 1.30 bits per heavy atom. The van der Waals surface area contributed by atoms with E-state index in [1.54, 1.807) is 0 Å². The van der Waals surface area contributed by atoms with Crippen molar-refractivity contribution in [1.82, 2.24) is 0 Å². The van der Waals surface area contributed by atoms with Gasteiger partial charge in [0.1, 0.15) is 5.75 Å². The van der Waals surface area contributed by atoms with Gasteiger partial charge in [-0.25, -0.2) is 4.79 Å². The SMILES string of the molecule is CC(C)COc1c(Cl)cc(Cl)cc1C(=O)/C=C/C(=O)O. The van der Waals surface area contributed by atoms with Crippen molar-refractivity contribution in [2.45, 2.75) is 13.8 Å².